The molecule has 0 bridgehead atoms. The SMILES string of the molecule is CC(=O)O.CC1(C)CNCCO1. The Morgan fingerprint density at radius 1 is 1.58 bits per heavy atom. The van der Waals surface area contributed by atoms with E-state index in [0.29, 0.717) is 0 Å². The molecular formula is C8H17NO3. The zero-order valence-electron chi connectivity index (χ0n) is 7.89. The highest BCUT2D eigenvalue weighted by atomic mass is 16.5. The van der Waals surface area contributed by atoms with Crippen molar-refractivity contribution in [3.63, 3.8) is 0 Å². The van der Waals surface area contributed by atoms with Crippen molar-refractivity contribution in [1.82, 2.24) is 5.32 Å². The standard InChI is InChI=1S/C6H13NO.C2H4O2/c1-6(2)5-7-3-4-8-6;1-2(3)4/h7H,3-5H2,1-2H3;1H3,(H,3,4). The molecule has 2 N–H and O–H groups in total. The summed E-state index contributed by atoms with van der Waals surface area (Å²) in [6.45, 7) is 8.11. The molecule has 0 aliphatic carbocycles. The summed E-state index contributed by atoms with van der Waals surface area (Å²) in [6, 6.07) is 0. The number of carboxylic acids is 1. The molecule has 72 valence electrons. The average Bonchev–Trinajstić information content (AvgIpc) is 1.85. The highest BCUT2D eigenvalue weighted by Crippen LogP contribution is 2.08. The third-order valence-electron chi connectivity index (χ3n) is 1.32. The van der Waals surface area contributed by atoms with Gasteiger partial charge >= 0.3 is 0 Å². The second-order valence-corrected chi connectivity index (χ2v) is 3.30. The van der Waals surface area contributed by atoms with Crippen molar-refractivity contribution in [2.75, 3.05) is 19.7 Å². The van der Waals surface area contributed by atoms with E-state index >= 15 is 0 Å². The van der Waals surface area contributed by atoms with Crippen LogP contribution < -0.4 is 5.32 Å². The van der Waals surface area contributed by atoms with Crippen LogP contribution in [0.2, 0.25) is 0 Å². The third-order valence-corrected chi connectivity index (χ3v) is 1.32. The minimum absolute atomic E-state index is 0.0677. The first kappa shape index (κ1) is 11.4. The lowest BCUT2D eigenvalue weighted by atomic mass is 10.1. The maximum Gasteiger partial charge on any atom is 0.300 e. The summed E-state index contributed by atoms with van der Waals surface area (Å²) in [5.41, 5.74) is 0.0677. The quantitative estimate of drug-likeness (QED) is 0.562. The summed E-state index contributed by atoms with van der Waals surface area (Å²) in [5, 5.41) is 10.7. The van der Waals surface area contributed by atoms with Crippen molar-refractivity contribution in [3.8, 4) is 0 Å². The molecule has 0 atom stereocenters. The lowest BCUT2D eigenvalue weighted by Gasteiger charge is -2.30. The summed E-state index contributed by atoms with van der Waals surface area (Å²) < 4.78 is 5.40. The number of rotatable bonds is 0. The van der Waals surface area contributed by atoms with Crippen molar-refractivity contribution in [2.45, 2.75) is 26.4 Å². The molecule has 1 aliphatic rings. The molecule has 0 aromatic carbocycles. The highest BCUT2D eigenvalue weighted by Gasteiger charge is 2.20. The molecule has 4 heteroatoms. The first-order chi connectivity index (χ1) is 5.44. The Hall–Kier alpha value is -0.610. The largest absolute Gasteiger partial charge is 0.481 e. The molecule has 0 spiro atoms. The fraction of sp³-hybridized carbons (Fsp3) is 0.875. The maximum absolute atomic E-state index is 9.00. The Morgan fingerprint density at radius 2 is 2.08 bits per heavy atom. The molecular weight excluding hydrogens is 158 g/mol. The minimum Gasteiger partial charge on any atom is -0.481 e. The van der Waals surface area contributed by atoms with Gasteiger partial charge in [-0.2, -0.15) is 0 Å². The molecule has 0 unspecified atom stereocenters. The number of carbonyl (C=O) groups is 1. The van der Waals surface area contributed by atoms with Gasteiger partial charge < -0.3 is 15.2 Å². The number of ether oxygens (including phenoxy) is 1. The fourth-order valence-corrected chi connectivity index (χ4v) is 0.840. The lowest BCUT2D eigenvalue weighted by molar-refractivity contribution is -0.134. The number of carboxylic acid groups (broad SMARTS) is 1. The highest BCUT2D eigenvalue weighted by molar-refractivity contribution is 5.62. The number of nitrogens with one attached hydrogen (secondary N) is 1. The molecule has 1 aliphatic heterocycles. The maximum atomic E-state index is 9.00. The van der Waals surface area contributed by atoms with E-state index < -0.39 is 5.97 Å². The minimum atomic E-state index is -0.833. The van der Waals surface area contributed by atoms with E-state index in [2.05, 4.69) is 19.2 Å². The molecule has 12 heavy (non-hydrogen) atoms. The summed E-state index contributed by atoms with van der Waals surface area (Å²) >= 11 is 0. The van der Waals surface area contributed by atoms with Crippen LogP contribution in [0.5, 0.6) is 0 Å². The van der Waals surface area contributed by atoms with Crippen LogP contribution in [0, 0.1) is 0 Å². The van der Waals surface area contributed by atoms with Gasteiger partial charge in [-0.05, 0) is 13.8 Å². The Labute approximate surface area is 72.9 Å². The first-order valence-corrected chi connectivity index (χ1v) is 3.98. The van der Waals surface area contributed by atoms with Gasteiger partial charge in [0, 0.05) is 20.0 Å². The van der Waals surface area contributed by atoms with E-state index in [1.54, 1.807) is 0 Å². The second-order valence-electron chi connectivity index (χ2n) is 3.30. The Balaban J connectivity index is 0.000000261. The van der Waals surface area contributed by atoms with Gasteiger partial charge in [-0.1, -0.05) is 0 Å². The van der Waals surface area contributed by atoms with Gasteiger partial charge in [-0.15, -0.1) is 0 Å². The average molecular weight is 175 g/mol. The first-order valence-electron chi connectivity index (χ1n) is 3.98. The van der Waals surface area contributed by atoms with Crippen molar-refractivity contribution in [1.29, 1.82) is 0 Å². The van der Waals surface area contributed by atoms with E-state index in [0.717, 1.165) is 26.6 Å². The fourth-order valence-electron chi connectivity index (χ4n) is 0.840. The molecule has 0 aromatic rings. The van der Waals surface area contributed by atoms with E-state index in [4.69, 9.17) is 14.6 Å². The third kappa shape index (κ3) is 7.50. The van der Waals surface area contributed by atoms with Crippen LogP contribution in [0.25, 0.3) is 0 Å². The van der Waals surface area contributed by atoms with Gasteiger partial charge in [0.15, 0.2) is 0 Å². The van der Waals surface area contributed by atoms with Crippen LogP contribution in [0.1, 0.15) is 20.8 Å². The zero-order valence-corrected chi connectivity index (χ0v) is 7.89. The van der Waals surface area contributed by atoms with Crippen LogP contribution in [-0.4, -0.2) is 36.4 Å². The van der Waals surface area contributed by atoms with Crippen molar-refractivity contribution < 1.29 is 14.6 Å². The van der Waals surface area contributed by atoms with Gasteiger partial charge in [-0.25, -0.2) is 0 Å². The van der Waals surface area contributed by atoms with E-state index in [-0.39, 0.29) is 5.60 Å². The van der Waals surface area contributed by atoms with Crippen molar-refractivity contribution in [3.05, 3.63) is 0 Å². The molecule has 0 saturated carbocycles. The zero-order chi connectivity index (χ0) is 9.61. The summed E-state index contributed by atoms with van der Waals surface area (Å²) in [5.74, 6) is -0.833. The van der Waals surface area contributed by atoms with Crippen LogP contribution >= 0.6 is 0 Å². The predicted octanol–water partition coefficient (Wildman–Crippen LogP) is 0.476. The molecule has 0 amide bonds. The molecule has 4 nitrogen and oxygen atoms in total. The molecule has 1 heterocycles. The number of aliphatic carboxylic acids is 1. The summed E-state index contributed by atoms with van der Waals surface area (Å²) in [7, 11) is 0. The summed E-state index contributed by atoms with van der Waals surface area (Å²) in [6.07, 6.45) is 0. The molecule has 1 fully saturated rings. The van der Waals surface area contributed by atoms with Crippen LogP contribution in [0.4, 0.5) is 0 Å². The van der Waals surface area contributed by atoms with E-state index in [9.17, 15) is 0 Å². The van der Waals surface area contributed by atoms with Gasteiger partial charge in [0.25, 0.3) is 5.97 Å². The Morgan fingerprint density at radius 3 is 2.25 bits per heavy atom. The monoisotopic (exact) mass is 175 g/mol. The number of hydrogen-bond donors (Lipinski definition) is 2. The molecule has 1 rings (SSSR count). The van der Waals surface area contributed by atoms with Gasteiger partial charge in [0.2, 0.25) is 0 Å². The van der Waals surface area contributed by atoms with E-state index in [1.807, 2.05) is 0 Å². The Kier molecular flexibility index (Phi) is 4.85. The smallest absolute Gasteiger partial charge is 0.300 e. The van der Waals surface area contributed by atoms with Crippen molar-refractivity contribution in [2.24, 2.45) is 0 Å². The lowest BCUT2D eigenvalue weighted by Crippen LogP contribution is -2.45. The number of hydrogen-bond acceptors (Lipinski definition) is 3. The Bertz CT molecular complexity index is 133. The van der Waals surface area contributed by atoms with Gasteiger partial charge in [0.05, 0.1) is 12.2 Å². The van der Waals surface area contributed by atoms with Crippen LogP contribution in [0.15, 0.2) is 0 Å². The topological polar surface area (TPSA) is 58.6 Å². The summed E-state index contributed by atoms with van der Waals surface area (Å²) in [4.78, 5) is 9.00. The van der Waals surface area contributed by atoms with Crippen LogP contribution in [0.3, 0.4) is 0 Å². The molecule has 0 radical (unpaired) electrons. The molecule has 1 saturated heterocycles. The second kappa shape index (κ2) is 5.11. The normalized spacial score (nSPS) is 20.6. The van der Waals surface area contributed by atoms with Crippen LogP contribution in [-0.2, 0) is 9.53 Å². The van der Waals surface area contributed by atoms with Gasteiger partial charge in [-0.3, -0.25) is 4.79 Å². The number of morpholine rings is 1. The van der Waals surface area contributed by atoms with Gasteiger partial charge in [0.1, 0.15) is 0 Å². The molecule has 0 aromatic heterocycles. The van der Waals surface area contributed by atoms with Crippen molar-refractivity contribution >= 4 is 5.97 Å². The van der Waals surface area contributed by atoms with E-state index in [1.165, 1.54) is 0 Å². The predicted molar refractivity (Wildman–Crippen MR) is 46.2 cm³/mol.